The van der Waals surface area contributed by atoms with Crippen LogP contribution in [-0.4, -0.2) is 46.8 Å². The van der Waals surface area contributed by atoms with E-state index in [0.29, 0.717) is 11.5 Å². The molecule has 4 nitrogen and oxygen atoms in total. The normalized spacial score (nSPS) is 22.7. The monoisotopic (exact) mass is 361 g/mol. The van der Waals surface area contributed by atoms with E-state index in [2.05, 4.69) is 25.7 Å². The largest absolute Gasteiger partial charge is 0.456 e. The molecule has 1 fully saturated rings. The number of benzene rings is 1. The van der Waals surface area contributed by atoms with Gasteiger partial charge in [0.15, 0.2) is 0 Å². The number of rotatable bonds is 3. The highest BCUT2D eigenvalue weighted by Gasteiger charge is 2.31. The average molecular weight is 362 g/mol. The Kier molecular flexibility index (Phi) is 6.51. The molecule has 0 spiro atoms. The Morgan fingerprint density at radius 2 is 1.65 bits per heavy atom. The Balaban J connectivity index is 2.14. The van der Waals surface area contributed by atoms with E-state index in [-0.39, 0.29) is 24.0 Å². The first kappa shape index (κ1) is 20.9. The van der Waals surface area contributed by atoms with Crippen molar-refractivity contribution in [2.75, 3.05) is 19.7 Å². The van der Waals surface area contributed by atoms with E-state index in [1.807, 2.05) is 45.0 Å². The number of nitrogens with zero attached hydrogens (tertiary/aromatic N) is 1. The summed E-state index contributed by atoms with van der Waals surface area (Å²) in [6.45, 7) is 14.6. The van der Waals surface area contributed by atoms with Crippen LogP contribution in [0.15, 0.2) is 24.3 Å². The second kappa shape index (κ2) is 8.10. The highest BCUT2D eigenvalue weighted by molar-refractivity contribution is 5.89. The van der Waals surface area contributed by atoms with Crippen molar-refractivity contribution >= 4 is 5.97 Å². The van der Waals surface area contributed by atoms with Gasteiger partial charge in [-0.2, -0.15) is 0 Å². The molecule has 2 rings (SSSR count). The number of esters is 1. The molecule has 0 unspecified atom stereocenters. The van der Waals surface area contributed by atoms with Gasteiger partial charge in [0.25, 0.3) is 0 Å². The maximum absolute atomic E-state index is 12.2. The van der Waals surface area contributed by atoms with Gasteiger partial charge in [0.2, 0.25) is 0 Å². The summed E-state index contributed by atoms with van der Waals surface area (Å²) in [6, 6.07) is 7.76. The molecule has 1 N–H and O–H groups in total. The van der Waals surface area contributed by atoms with Crippen molar-refractivity contribution in [1.82, 2.24) is 4.90 Å². The molecule has 4 heteroatoms. The number of carbonyl (C=O) groups excluding carboxylic acids is 1. The van der Waals surface area contributed by atoms with E-state index >= 15 is 0 Å². The molecule has 1 aliphatic heterocycles. The average Bonchev–Trinajstić information content (AvgIpc) is 2.75. The summed E-state index contributed by atoms with van der Waals surface area (Å²) in [5, 5.41) is 9.91. The van der Waals surface area contributed by atoms with Gasteiger partial charge < -0.3 is 9.84 Å². The van der Waals surface area contributed by atoms with E-state index in [0.717, 1.165) is 25.9 Å². The molecule has 0 amide bonds. The summed E-state index contributed by atoms with van der Waals surface area (Å²) in [5.41, 5.74) is 1.44. The molecule has 0 aliphatic carbocycles. The topological polar surface area (TPSA) is 49.8 Å². The third-order valence-corrected chi connectivity index (χ3v) is 5.21. The van der Waals surface area contributed by atoms with Gasteiger partial charge >= 0.3 is 5.97 Å². The molecule has 0 bridgehead atoms. The fourth-order valence-corrected chi connectivity index (χ4v) is 3.70. The lowest BCUT2D eigenvalue weighted by atomic mass is 9.83. The molecular formula is C22H35NO3. The fraction of sp³-hybridized carbons (Fsp3) is 0.682. The van der Waals surface area contributed by atoms with E-state index in [9.17, 15) is 9.90 Å². The molecule has 2 atom stereocenters. The highest BCUT2D eigenvalue weighted by Crippen LogP contribution is 2.35. The van der Waals surface area contributed by atoms with E-state index in [1.165, 1.54) is 5.56 Å². The van der Waals surface area contributed by atoms with Crippen LogP contribution >= 0.6 is 0 Å². The summed E-state index contributed by atoms with van der Waals surface area (Å²) in [4.78, 5) is 14.7. The van der Waals surface area contributed by atoms with Crippen molar-refractivity contribution in [3.8, 4) is 0 Å². The Labute approximate surface area is 158 Å². The Morgan fingerprint density at radius 3 is 2.15 bits per heavy atom. The summed E-state index contributed by atoms with van der Waals surface area (Å²) >= 11 is 0. The summed E-state index contributed by atoms with van der Waals surface area (Å²) in [6.07, 6.45) is 2.01. The van der Waals surface area contributed by atoms with Crippen LogP contribution < -0.4 is 0 Å². The number of hydrogen-bond donors (Lipinski definition) is 1. The lowest BCUT2D eigenvalue weighted by molar-refractivity contribution is 0.00694. The van der Waals surface area contributed by atoms with Crippen molar-refractivity contribution in [1.29, 1.82) is 0 Å². The SMILES string of the molecule is CC(C)(C)OC(=O)c1ccc([C@@H]2CCN(C(C)(C)C)CC[C@H]2CO)cc1. The number of hydrogen-bond acceptors (Lipinski definition) is 4. The molecule has 0 radical (unpaired) electrons. The first-order valence-corrected chi connectivity index (χ1v) is 9.70. The van der Waals surface area contributed by atoms with Crippen LogP contribution in [-0.2, 0) is 4.74 Å². The molecule has 146 valence electrons. The van der Waals surface area contributed by atoms with Crippen LogP contribution in [0.1, 0.15) is 76.2 Å². The quantitative estimate of drug-likeness (QED) is 0.819. The Bertz CT molecular complexity index is 595. The van der Waals surface area contributed by atoms with Crippen LogP contribution in [0.25, 0.3) is 0 Å². The molecule has 0 aromatic heterocycles. The van der Waals surface area contributed by atoms with Crippen LogP contribution in [0, 0.1) is 5.92 Å². The zero-order chi connectivity index (χ0) is 19.5. The molecule has 26 heavy (non-hydrogen) atoms. The Hall–Kier alpha value is -1.39. The minimum atomic E-state index is -0.491. The van der Waals surface area contributed by atoms with Gasteiger partial charge in [-0.25, -0.2) is 4.79 Å². The third-order valence-electron chi connectivity index (χ3n) is 5.21. The van der Waals surface area contributed by atoms with Crippen molar-refractivity contribution in [3.63, 3.8) is 0 Å². The minimum absolute atomic E-state index is 0.148. The number of aliphatic hydroxyl groups is 1. The number of aliphatic hydroxyl groups excluding tert-OH is 1. The molecule has 1 saturated heterocycles. The Morgan fingerprint density at radius 1 is 1.08 bits per heavy atom. The maximum atomic E-state index is 12.2. The first-order chi connectivity index (χ1) is 12.0. The van der Waals surface area contributed by atoms with Crippen molar-refractivity contribution in [3.05, 3.63) is 35.4 Å². The smallest absolute Gasteiger partial charge is 0.338 e. The zero-order valence-corrected chi connectivity index (χ0v) is 17.2. The lowest BCUT2D eigenvalue weighted by Crippen LogP contribution is -2.41. The molecule has 0 saturated carbocycles. The molecule has 1 aliphatic rings. The predicted molar refractivity (Wildman–Crippen MR) is 105 cm³/mol. The van der Waals surface area contributed by atoms with Crippen LogP contribution in [0.5, 0.6) is 0 Å². The van der Waals surface area contributed by atoms with Crippen molar-refractivity contribution in [2.24, 2.45) is 5.92 Å². The zero-order valence-electron chi connectivity index (χ0n) is 17.2. The van der Waals surface area contributed by atoms with Gasteiger partial charge in [-0.15, -0.1) is 0 Å². The predicted octanol–water partition coefficient (Wildman–Crippen LogP) is 4.23. The third kappa shape index (κ3) is 5.55. The van der Waals surface area contributed by atoms with Crippen molar-refractivity contribution in [2.45, 2.75) is 71.4 Å². The van der Waals surface area contributed by atoms with Crippen LogP contribution in [0.3, 0.4) is 0 Å². The number of carbonyl (C=O) groups is 1. The number of ether oxygens (including phenoxy) is 1. The van der Waals surface area contributed by atoms with Crippen molar-refractivity contribution < 1.29 is 14.6 Å². The van der Waals surface area contributed by atoms with E-state index in [4.69, 9.17) is 4.74 Å². The second-order valence-electron chi connectivity index (χ2n) is 9.41. The van der Waals surface area contributed by atoms with Gasteiger partial charge in [-0.1, -0.05) is 12.1 Å². The maximum Gasteiger partial charge on any atom is 0.338 e. The van der Waals surface area contributed by atoms with Gasteiger partial charge in [0.1, 0.15) is 5.60 Å². The minimum Gasteiger partial charge on any atom is -0.456 e. The van der Waals surface area contributed by atoms with Crippen LogP contribution in [0.4, 0.5) is 0 Å². The lowest BCUT2D eigenvalue weighted by Gasteiger charge is -2.34. The fourth-order valence-electron chi connectivity index (χ4n) is 3.70. The standard InChI is InChI=1S/C22H35NO3/c1-21(2,3)23-13-11-18(15-24)19(12-14-23)16-7-9-17(10-8-16)20(25)26-22(4,5)6/h7-10,18-19,24H,11-15H2,1-6H3/t18-,19-/m0/s1. The summed E-state index contributed by atoms with van der Waals surface area (Å²) in [5.74, 6) is 0.289. The second-order valence-corrected chi connectivity index (χ2v) is 9.41. The molecule has 1 heterocycles. The summed E-state index contributed by atoms with van der Waals surface area (Å²) < 4.78 is 5.44. The number of likely N-dealkylation sites (tertiary alicyclic amines) is 1. The van der Waals surface area contributed by atoms with E-state index < -0.39 is 5.60 Å². The highest BCUT2D eigenvalue weighted by atomic mass is 16.6. The van der Waals surface area contributed by atoms with Gasteiger partial charge in [-0.05, 0) is 97.0 Å². The van der Waals surface area contributed by atoms with Gasteiger partial charge in [0.05, 0.1) is 5.56 Å². The van der Waals surface area contributed by atoms with Crippen LogP contribution in [0.2, 0.25) is 0 Å². The van der Waals surface area contributed by atoms with Gasteiger partial charge in [-0.3, -0.25) is 4.90 Å². The summed E-state index contributed by atoms with van der Waals surface area (Å²) in [7, 11) is 0. The first-order valence-electron chi connectivity index (χ1n) is 9.70. The van der Waals surface area contributed by atoms with E-state index in [1.54, 1.807) is 0 Å². The molecule has 1 aromatic carbocycles. The molecular weight excluding hydrogens is 326 g/mol. The molecule has 1 aromatic rings. The van der Waals surface area contributed by atoms with Gasteiger partial charge in [0, 0.05) is 12.1 Å².